The van der Waals surface area contributed by atoms with Crippen LogP contribution < -0.4 is 11.7 Å². The van der Waals surface area contributed by atoms with Gasteiger partial charge in [0, 0.05) is 7.11 Å². The highest BCUT2D eigenvalue weighted by Crippen LogP contribution is 1.85. The van der Waals surface area contributed by atoms with Crippen molar-refractivity contribution in [2.45, 2.75) is 6.92 Å². The molecule has 0 saturated carbocycles. The van der Waals surface area contributed by atoms with E-state index >= 15 is 0 Å². The third kappa shape index (κ3) is 5.15. The molecule has 0 aliphatic heterocycles. The molecule has 0 bridgehead atoms. The highest BCUT2D eigenvalue weighted by molar-refractivity contribution is 6.41. The highest BCUT2D eigenvalue weighted by Gasteiger charge is 2.03. The third-order valence-electron chi connectivity index (χ3n) is 1.44. The van der Waals surface area contributed by atoms with Crippen molar-refractivity contribution in [2.75, 3.05) is 26.9 Å². The molecule has 0 aliphatic carbocycles. The van der Waals surface area contributed by atoms with Gasteiger partial charge in [-0.15, -0.1) is 0 Å². The standard InChI is InChI=1S/C7H16N4O2/c1-6(10-8)7(11-9)5-13-4-3-12-2/h3-5,8-9H2,1-2H3/b10-6+,11-7+. The highest BCUT2D eigenvalue weighted by atomic mass is 16.5. The zero-order valence-electron chi connectivity index (χ0n) is 7.99. The van der Waals surface area contributed by atoms with Crippen LogP contribution in [-0.4, -0.2) is 38.4 Å². The minimum Gasteiger partial charge on any atom is -0.382 e. The molecule has 0 unspecified atom stereocenters. The molecule has 0 aromatic rings. The Kier molecular flexibility index (Phi) is 6.85. The lowest BCUT2D eigenvalue weighted by molar-refractivity contribution is 0.0904. The van der Waals surface area contributed by atoms with Crippen molar-refractivity contribution in [3.8, 4) is 0 Å². The van der Waals surface area contributed by atoms with Crippen molar-refractivity contribution in [3.63, 3.8) is 0 Å². The lowest BCUT2D eigenvalue weighted by Crippen LogP contribution is -2.21. The third-order valence-corrected chi connectivity index (χ3v) is 1.44. The Labute approximate surface area is 77.6 Å². The van der Waals surface area contributed by atoms with E-state index in [1.807, 2.05) is 0 Å². The molecule has 76 valence electrons. The number of hydrazone groups is 2. The van der Waals surface area contributed by atoms with Gasteiger partial charge in [0.25, 0.3) is 0 Å². The van der Waals surface area contributed by atoms with Gasteiger partial charge in [0.1, 0.15) is 5.71 Å². The van der Waals surface area contributed by atoms with E-state index in [1.165, 1.54) is 0 Å². The van der Waals surface area contributed by atoms with Gasteiger partial charge in [0.15, 0.2) is 0 Å². The molecule has 0 spiro atoms. The van der Waals surface area contributed by atoms with Gasteiger partial charge in [-0.05, 0) is 6.92 Å². The lowest BCUT2D eigenvalue weighted by atomic mass is 10.3. The van der Waals surface area contributed by atoms with Crippen LogP contribution in [0, 0.1) is 0 Å². The largest absolute Gasteiger partial charge is 0.382 e. The van der Waals surface area contributed by atoms with Crippen LogP contribution in [0.25, 0.3) is 0 Å². The van der Waals surface area contributed by atoms with Crippen LogP contribution in [0.4, 0.5) is 0 Å². The van der Waals surface area contributed by atoms with Gasteiger partial charge in [-0.25, -0.2) is 0 Å². The van der Waals surface area contributed by atoms with Crippen LogP contribution in [-0.2, 0) is 9.47 Å². The summed E-state index contributed by atoms with van der Waals surface area (Å²) in [5.41, 5.74) is 1.11. The topological polar surface area (TPSA) is 95.2 Å². The zero-order chi connectivity index (χ0) is 10.1. The van der Waals surface area contributed by atoms with Crippen LogP contribution in [0.15, 0.2) is 10.2 Å². The molecule has 0 amide bonds. The molecular formula is C7H16N4O2. The van der Waals surface area contributed by atoms with Gasteiger partial charge in [0.2, 0.25) is 0 Å². The molecule has 4 N–H and O–H groups in total. The lowest BCUT2D eigenvalue weighted by Gasteiger charge is -2.04. The summed E-state index contributed by atoms with van der Waals surface area (Å²) < 4.78 is 9.97. The fraction of sp³-hybridized carbons (Fsp3) is 0.714. The molecule has 0 heterocycles. The maximum atomic E-state index is 5.18. The smallest absolute Gasteiger partial charge is 0.109 e. The Morgan fingerprint density at radius 1 is 1.23 bits per heavy atom. The summed E-state index contributed by atoms with van der Waals surface area (Å²) in [6, 6.07) is 0. The molecule has 0 rings (SSSR count). The maximum Gasteiger partial charge on any atom is 0.109 e. The number of rotatable bonds is 6. The van der Waals surface area contributed by atoms with Gasteiger partial charge in [-0.1, -0.05) is 0 Å². The van der Waals surface area contributed by atoms with E-state index in [0.29, 0.717) is 31.2 Å². The van der Waals surface area contributed by atoms with Crippen molar-refractivity contribution >= 4 is 11.4 Å². The maximum absolute atomic E-state index is 5.18. The van der Waals surface area contributed by atoms with E-state index in [1.54, 1.807) is 14.0 Å². The van der Waals surface area contributed by atoms with Crippen molar-refractivity contribution in [1.82, 2.24) is 0 Å². The molecular weight excluding hydrogens is 172 g/mol. The van der Waals surface area contributed by atoms with Crippen molar-refractivity contribution in [2.24, 2.45) is 21.9 Å². The number of nitrogens with zero attached hydrogens (tertiary/aromatic N) is 2. The van der Waals surface area contributed by atoms with Gasteiger partial charge in [-0.3, -0.25) is 0 Å². The Morgan fingerprint density at radius 3 is 2.38 bits per heavy atom. The van der Waals surface area contributed by atoms with Crippen molar-refractivity contribution in [3.05, 3.63) is 0 Å². The summed E-state index contributed by atoms with van der Waals surface area (Å²) in [6.07, 6.45) is 0. The molecule has 0 fully saturated rings. The molecule has 6 nitrogen and oxygen atoms in total. The fourth-order valence-corrected chi connectivity index (χ4v) is 0.621. The molecule has 6 heteroatoms. The van der Waals surface area contributed by atoms with Gasteiger partial charge in [-0.2, -0.15) is 10.2 Å². The van der Waals surface area contributed by atoms with Crippen LogP contribution in [0.2, 0.25) is 0 Å². The molecule has 13 heavy (non-hydrogen) atoms. The second-order valence-electron chi connectivity index (χ2n) is 2.34. The minimum atomic E-state index is 0.298. The summed E-state index contributed by atoms with van der Waals surface area (Å²) in [7, 11) is 1.61. The molecule has 0 aliphatic rings. The Bertz CT molecular complexity index is 191. The number of methoxy groups -OCH3 is 1. The van der Waals surface area contributed by atoms with E-state index in [2.05, 4.69) is 10.2 Å². The van der Waals surface area contributed by atoms with E-state index in [-0.39, 0.29) is 0 Å². The summed E-state index contributed by atoms with van der Waals surface area (Å²) in [5.74, 6) is 10.2. The monoisotopic (exact) mass is 188 g/mol. The average molecular weight is 188 g/mol. The first kappa shape index (κ1) is 11.9. The Hall–Kier alpha value is -1.14. The first-order chi connectivity index (χ1) is 6.26. The molecule has 0 saturated heterocycles. The molecule has 0 aromatic carbocycles. The van der Waals surface area contributed by atoms with E-state index in [9.17, 15) is 0 Å². The fourth-order valence-electron chi connectivity index (χ4n) is 0.621. The summed E-state index contributed by atoms with van der Waals surface area (Å²) >= 11 is 0. The van der Waals surface area contributed by atoms with Crippen LogP contribution in [0.1, 0.15) is 6.92 Å². The molecule has 0 atom stereocenters. The quantitative estimate of drug-likeness (QED) is 0.249. The van der Waals surface area contributed by atoms with Crippen molar-refractivity contribution in [1.29, 1.82) is 0 Å². The second-order valence-corrected chi connectivity index (χ2v) is 2.34. The van der Waals surface area contributed by atoms with E-state index in [4.69, 9.17) is 21.2 Å². The molecule has 0 radical (unpaired) electrons. The number of hydrogen-bond acceptors (Lipinski definition) is 6. The Morgan fingerprint density at radius 2 is 1.92 bits per heavy atom. The summed E-state index contributed by atoms with van der Waals surface area (Å²) in [6.45, 7) is 3.04. The number of nitrogens with two attached hydrogens (primary N) is 2. The predicted octanol–water partition coefficient (Wildman–Crippen LogP) is -0.701. The Balaban J connectivity index is 3.75. The normalized spacial score (nSPS) is 13.4. The zero-order valence-corrected chi connectivity index (χ0v) is 7.99. The second kappa shape index (κ2) is 7.51. The minimum absolute atomic E-state index is 0.298. The molecule has 0 aromatic heterocycles. The van der Waals surface area contributed by atoms with Gasteiger partial charge < -0.3 is 21.2 Å². The average Bonchev–Trinajstić information content (AvgIpc) is 2.17. The van der Waals surface area contributed by atoms with Crippen LogP contribution >= 0.6 is 0 Å². The summed E-state index contributed by atoms with van der Waals surface area (Å²) in [4.78, 5) is 0. The van der Waals surface area contributed by atoms with E-state index in [0.717, 1.165) is 0 Å². The van der Waals surface area contributed by atoms with Gasteiger partial charge in [0.05, 0.1) is 25.5 Å². The number of ether oxygens (including phenoxy) is 2. The van der Waals surface area contributed by atoms with Crippen LogP contribution in [0.5, 0.6) is 0 Å². The van der Waals surface area contributed by atoms with E-state index < -0.39 is 0 Å². The first-order valence-electron chi connectivity index (χ1n) is 3.84. The van der Waals surface area contributed by atoms with Crippen LogP contribution in [0.3, 0.4) is 0 Å². The van der Waals surface area contributed by atoms with Crippen molar-refractivity contribution < 1.29 is 9.47 Å². The number of hydrogen-bond donors (Lipinski definition) is 2. The predicted molar refractivity (Wildman–Crippen MR) is 51.6 cm³/mol. The first-order valence-corrected chi connectivity index (χ1v) is 3.84. The van der Waals surface area contributed by atoms with Gasteiger partial charge >= 0.3 is 0 Å². The summed E-state index contributed by atoms with van der Waals surface area (Å²) in [5, 5.41) is 6.95. The SMILES string of the molecule is COCCOCC(=N\N)/C(C)=N/N.